The standard InChI is InChI=1S/C67H110O12/c1-4-7-10-13-16-19-22-24-26-28-30-32-34-36-39-41-44-47-50-53-59(68)75-56-58(77-60(69)54-51-48-45-42-38-21-18-15-12-9-6-3)57-76-67-65(63(72)62(71)64(79-67)66(73)74)78-61(70)55-52-49-46-43-40-37-35-33-31-29-27-25-23-20-17-14-11-8-5-2/h8,11,16-17,19-20,24-27,31,33,37,40,46,49,58,62-65,67,71-72H,4-7,9-10,12-15,18,21-23,28-30,32,34-36,38-39,41-45,47-48,50-57H2,1-3H3,(H,73,74)/b11-8-,19-16-,20-17-,26-24-,27-25-,33-31-,40-37-,49-46-. The normalized spacial score (nSPS) is 18.5. The predicted molar refractivity (Wildman–Crippen MR) is 321 cm³/mol. The van der Waals surface area contributed by atoms with Crippen molar-refractivity contribution in [1.29, 1.82) is 0 Å². The van der Waals surface area contributed by atoms with Crippen molar-refractivity contribution in [1.82, 2.24) is 0 Å². The van der Waals surface area contributed by atoms with Crippen LogP contribution in [0.5, 0.6) is 0 Å². The minimum atomic E-state index is -1.93. The first kappa shape index (κ1) is 72.7. The van der Waals surface area contributed by atoms with Gasteiger partial charge >= 0.3 is 23.9 Å². The van der Waals surface area contributed by atoms with Crippen molar-refractivity contribution < 1.29 is 58.2 Å². The van der Waals surface area contributed by atoms with Gasteiger partial charge in [-0.2, -0.15) is 0 Å². The van der Waals surface area contributed by atoms with Crippen LogP contribution in [0.1, 0.15) is 252 Å². The Morgan fingerprint density at radius 3 is 1.29 bits per heavy atom. The van der Waals surface area contributed by atoms with E-state index in [0.717, 1.165) is 83.5 Å². The number of allylic oxidation sites excluding steroid dienone is 16. The molecule has 6 unspecified atom stereocenters. The van der Waals surface area contributed by atoms with Crippen molar-refractivity contribution in [2.75, 3.05) is 13.2 Å². The third-order valence-electron chi connectivity index (χ3n) is 13.7. The Balaban J connectivity index is 2.68. The van der Waals surface area contributed by atoms with Crippen molar-refractivity contribution in [3.63, 3.8) is 0 Å². The summed E-state index contributed by atoms with van der Waals surface area (Å²) < 4.78 is 28.4. The van der Waals surface area contributed by atoms with Crippen LogP contribution in [0.3, 0.4) is 0 Å². The van der Waals surface area contributed by atoms with E-state index in [-0.39, 0.29) is 25.9 Å². The van der Waals surface area contributed by atoms with E-state index in [1.807, 2.05) is 18.2 Å². The number of aliphatic carboxylic acids is 1. The zero-order valence-corrected chi connectivity index (χ0v) is 49.6. The molecule has 0 aromatic heterocycles. The second kappa shape index (κ2) is 54.2. The molecule has 1 heterocycles. The van der Waals surface area contributed by atoms with E-state index in [9.17, 15) is 34.5 Å². The van der Waals surface area contributed by atoms with Crippen LogP contribution in [0.15, 0.2) is 97.2 Å². The van der Waals surface area contributed by atoms with Crippen LogP contribution in [0.2, 0.25) is 0 Å². The summed E-state index contributed by atoms with van der Waals surface area (Å²) >= 11 is 0. The third kappa shape index (κ3) is 44.0. The summed E-state index contributed by atoms with van der Waals surface area (Å²) in [4.78, 5) is 51.2. The maximum Gasteiger partial charge on any atom is 0.335 e. The van der Waals surface area contributed by atoms with Crippen LogP contribution in [0.4, 0.5) is 0 Å². The minimum absolute atomic E-state index is 0.0674. The lowest BCUT2D eigenvalue weighted by Crippen LogP contribution is -2.61. The minimum Gasteiger partial charge on any atom is -0.479 e. The van der Waals surface area contributed by atoms with Crippen molar-refractivity contribution in [3.8, 4) is 0 Å². The average molecular weight is 1110 g/mol. The quantitative estimate of drug-likeness (QED) is 0.0228. The number of carbonyl (C=O) groups is 4. The highest BCUT2D eigenvalue weighted by Gasteiger charge is 2.50. The number of ether oxygens (including phenoxy) is 5. The fourth-order valence-corrected chi connectivity index (χ4v) is 8.89. The van der Waals surface area contributed by atoms with E-state index in [2.05, 4.69) is 99.8 Å². The van der Waals surface area contributed by atoms with Crippen molar-refractivity contribution in [2.24, 2.45) is 0 Å². The number of esters is 3. The highest BCUT2D eigenvalue weighted by Crippen LogP contribution is 2.26. The highest BCUT2D eigenvalue weighted by atomic mass is 16.7. The SMILES string of the molecule is CC/C=C\C/C=C\C/C=C\C/C=C\C/C=C\C/C=C\CCC(=O)OC1C(OCC(COC(=O)CCCCCCCCCCC/C=C\C/C=C\CCCCC)OC(=O)CCCCCCCCCCCCC)OC(C(=O)O)C(O)C1O. The number of hydrogen-bond acceptors (Lipinski definition) is 11. The fourth-order valence-electron chi connectivity index (χ4n) is 8.89. The van der Waals surface area contributed by atoms with Crippen molar-refractivity contribution in [3.05, 3.63) is 97.2 Å². The van der Waals surface area contributed by atoms with Crippen LogP contribution in [-0.2, 0) is 42.9 Å². The Morgan fingerprint density at radius 1 is 0.430 bits per heavy atom. The van der Waals surface area contributed by atoms with Gasteiger partial charge < -0.3 is 39.0 Å². The fraction of sp³-hybridized carbons (Fsp3) is 0.701. The molecule has 0 spiro atoms. The number of hydrogen-bond donors (Lipinski definition) is 3. The molecule has 1 saturated heterocycles. The maximum absolute atomic E-state index is 13.1. The summed E-state index contributed by atoms with van der Waals surface area (Å²) in [6.07, 6.45) is 59.6. The Kier molecular flexibility index (Phi) is 49.9. The molecular weight excluding hydrogens is 997 g/mol. The molecule has 3 N–H and O–H groups in total. The second-order valence-electron chi connectivity index (χ2n) is 21.0. The zero-order valence-electron chi connectivity index (χ0n) is 49.6. The Morgan fingerprint density at radius 2 is 0.823 bits per heavy atom. The Labute approximate surface area is 479 Å². The smallest absolute Gasteiger partial charge is 0.335 e. The molecule has 0 amide bonds. The molecule has 79 heavy (non-hydrogen) atoms. The van der Waals surface area contributed by atoms with Gasteiger partial charge in [0.2, 0.25) is 0 Å². The first-order valence-corrected chi connectivity index (χ1v) is 31.2. The molecule has 1 aliphatic heterocycles. The van der Waals surface area contributed by atoms with Gasteiger partial charge in [0.15, 0.2) is 24.6 Å². The molecule has 0 saturated carbocycles. The number of aliphatic hydroxyl groups excluding tert-OH is 2. The summed E-state index contributed by atoms with van der Waals surface area (Å²) in [5, 5.41) is 31.5. The van der Waals surface area contributed by atoms with Crippen LogP contribution < -0.4 is 0 Å². The number of unbranched alkanes of at least 4 members (excludes halogenated alkanes) is 22. The van der Waals surface area contributed by atoms with Crippen molar-refractivity contribution in [2.45, 2.75) is 289 Å². The highest BCUT2D eigenvalue weighted by molar-refractivity contribution is 5.74. The van der Waals surface area contributed by atoms with Crippen LogP contribution in [-0.4, -0.2) is 89.2 Å². The van der Waals surface area contributed by atoms with E-state index in [1.54, 1.807) is 0 Å². The third-order valence-corrected chi connectivity index (χ3v) is 13.7. The molecule has 1 fully saturated rings. The summed E-state index contributed by atoms with van der Waals surface area (Å²) in [5.41, 5.74) is 0. The lowest BCUT2D eigenvalue weighted by Gasteiger charge is -2.40. The van der Waals surface area contributed by atoms with E-state index >= 15 is 0 Å². The molecule has 0 aliphatic carbocycles. The van der Waals surface area contributed by atoms with Gasteiger partial charge in [-0.15, -0.1) is 0 Å². The lowest BCUT2D eigenvalue weighted by atomic mass is 9.98. The molecule has 0 radical (unpaired) electrons. The Bertz CT molecular complexity index is 1740. The molecule has 0 bridgehead atoms. The van der Waals surface area contributed by atoms with Gasteiger partial charge in [-0.1, -0.05) is 240 Å². The Hall–Kier alpha value is -4.36. The van der Waals surface area contributed by atoms with Gasteiger partial charge in [0.05, 0.1) is 6.61 Å². The molecule has 1 aliphatic rings. The topological polar surface area (TPSA) is 175 Å². The summed E-state index contributed by atoms with van der Waals surface area (Å²) in [6.45, 7) is 5.82. The van der Waals surface area contributed by atoms with Gasteiger partial charge in [0, 0.05) is 19.3 Å². The van der Waals surface area contributed by atoms with E-state index in [1.165, 1.54) is 103 Å². The van der Waals surface area contributed by atoms with E-state index in [0.29, 0.717) is 25.7 Å². The van der Waals surface area contributed by atoms with Gasteiger partial charge in [-0.05, 0) is 89.9 Å². The second-order valence-corrected chi connectivity index (χ2v) is 21.0. The van der Waals surface area contributed by atoms with E-state index in [4.69, 9.17) is 23.7 Å². The number of rotatable bonds is 52. The van der Waals surface area contributed by atoms with Gasteiger partial charge in [0.25, 0.3) is 0 Å². The van der Waals surface area contributed by atoms with Gasteiger partial charge in [-0.3, -0.25) is 14.4 Å². The molecule has 0 aromatic carbocycles. The number of carboxylic acid groups (broad SMARTS) is 1. The molecule has 0 aromatic rings. The first-order chi connectivity index (χ1) is 38.6. The average Bonchev–Trinajstić information content (AvgIpc) is 3.43. The summed E-state index contributed by atoms with van der Waals surface area (Å²) in [6, 6.07) is 0. The molecule has 12 nitrogen and oxygen atoms in total. The summed E-state index contributed by atoms with van der Waals surface area (Å²) in [5.74, 6) is -3.23. The van der Waals surface area contributed by atoms with Crippen LogP contribution >= 0.6 is 0 Å². The van der Waals surface area contributed by atoms with Gasteiger partial charge in [0.1, 0.15) is 18.8 Å². The predicted octanol–water partition coefficient (Wildman–Crippen LogP) is 16.5. The van der Waals surface area contributed by atoms with Crippen molar-refractivity contribution >= 4 is 23.9 Å². The monoisotopic (exact) mass is 1110 g/mol. The van der Waals surface area contributed by atoms with Crippen LogP contribution in [0.25, 0.3) is 0 Å². The molecule has 450 valence electrons. The van der Waals surface area contributed by atoms with E-state index < -0.39 is 67.3 Å². The summed E-state index contributed by atoms with van der Waals surface area (Å²) in [7, 11) is 0. The van der Waals surface area contributed by atoms with Gasteiger partial charge in [-0.25, -0.2) is 4.79 Å². The maximum atomic E-state index is 13.1. The largest absolute Gasteiger partial charge is 0.479 e. The first-order valence-electron chi connectivity index (χ1n) is 31.2. The molecule has 1 rings (SSSR count). The lowest BCUT2D eigenvalue weighted by molar-refractivity contribution is -0.301. The molecular formula is C67H110O12. The zero-order chi connectivity index (χ0) is 57.5. The molecule has 12 heteroatoms. The number of carbonyl (C=O) groups excluding carboxylic acids is 3. The number of aliphatic hydroxyl groups is 2. The molecule has 6 atom stereocenters. The number of carboxylic acids is 1. The van der Waals surface area contributed by atoms with Crippen LogP contribution in [0, 0.1) is 0 Å².